The number of hydrogen-bond acceptors (Lipinski definition) is 7. The van der Waals surface area contributed by atoms with Crippen LogP contribution in [0.15, 0.2) is 12.4 Å². The van der Waals surface area contributed by atoms with E-state index in [-0.39, 0.29) is 0 Å². The summed E-state index contributed by atoms with van der Waals surface area (Å²) in [6.45, 7) is 8.46. The summed E-state index contributed by atoms with van der Waals surface area (Å²) in [5.41, 5.74) is 4.25. The molecule has 0 N–H and O–H groups in total. The summed E-state index contributed by atoms with van der Waals surface area (Å²) in [6, 6.07) is 2.13. The Kier molecular flexibility index (Phi) is 4.90. The summed E-state index contributed by atoms with van der Waals surface area (Å²) in [5, 5.41) is 4.72. The molecule has 4 heterocycles. The highest BCUT2D eigenvalue weighted by molar-refractivity contribution is 5.50. The van der Waals surface area contributed by atoms with Crippen LogP contribution in [0.1, 0.15) is 23.4 Å². The lowest BCUT2D eigenvalue weighted by atomic mass is 10.2. The molecule has 0 saturated carbocycles. The highest BCUT2D eigenvalue weighted by atomic mass is 16.5. The third-order valence-electron chi connectivity index (χ3n) is 6.24. The average molecular weight is 384 g/mol. The van der Waals surface area contributed by atoms with Gasteiger partial charge in [-0.15, -0.1) is 0 Å². The molecule has 8 nitrogen and oxygen atoms in total. The highest BCUT2D eigenvalue weighted by Crippen LogP contribution is 2.26. The molecule has 0 bridgehead atoms. The molecule has 8 heteroatoms. The number of hydrogen-bond donors (Lipinski definition) is 0. The van der Waals surface area contributed by atoms with Gasteiger partial charge >= 0.3 is 0 Å². The molecule has 2 aromatic rings. The van der Waals surface area contributed by atoms with Crippen molar-refractivity contribution in [2.75, 3.05) is 62.3 Å². The number of anilines is 2. The van der Waals surface area contributed by atoms with Gasteiger partial charge in [-0.2, -0.15) is 5.10 Å². The molecule has 150 valence electrons. The number of piperazine rings is 1. The van der Waals surface area contributed by atoms with Crippen molar-refractivity contribution in [3.8, 4) is 0 Å². The summed E-state index contributed by atoms with van der Waals surface area (Å²) in [7, 11) is 2.10. The van der Waals surface area contributed by atoms with Gasteiger partial charge in [-0.3, -0.25) is 9.58 Å². The van der Waals surface area contributed by atoms with E-state index >= 15 is 0 Å². The predicted octanol–water partition coefficient (Wildman–Crippen LogP) is 0.858. The van der Waals surface area contributed by atoms with Crippen molar-refractivity contribution < 1.29 is 4.74 Å². The van der Waals surface area contributed by atoms with Gasteiger partial charge in [-0.25, -0.2) is 9.97 Å². The van der Waals surface area contributed by atoms with Crippen LogP contribution in [0.5, 0.6) is 0 Å². The van der Waals surface area contributed by atoms with Gasteiger partial charge < -0.3 is 14.5 Å². The molecule has 3 aliphatic rings. The van der Waals surface area contributed by atoms with Crippen LogP contribution >= 0.6 is 0 Å². The number of fused-ring (bicyclic) bond motifs is 1. The standard InChI is InChI=1S/C20H29N7O/c1-24-18(16-3-2-4-17(16)23-24)14-25-5-7-26(8-6-25)19-13-20(22-15-21-19)27-9-11-28-12-10-27/h13,15H,2-12,14H2,1H3. The van der Waals surface area contributed by atoms with E-state index in [4.69, 9.17) is 9.84 Å². The number of rotatable bonds is 4. The first-order valence-electron chi connectivity index (χ1n) is 10.4. The Balaban J connectivity index is 1.22. The molecular weight excluding hydrogens is 354 g/mol. The molecule has 2 aliphatic heterocycles. The van der Waals surface area contributed by atoms with Crippen molar-refractivity contribution >= 4 is 11.6 Å². The van der Waals surface area contributed by atoms with Crippen LogP contribution in [0.4, 0.5) is 11.6 Å². The quantitative estimate of drug-likeness (QED) is 0.776. The Morgan fingerprint density at radius 3 is 2.39 bits per heavy atom. The van der Waals surface area contributed by atoms with Crippen molar-refractivity contribution in [2.45, 2.75) is 25.8 Å². The van der Waals surface area contributed by atoms with E-state index < -0.39 is 0 Å². The van der Waals surface area contributed by atoms with E-state index in [0.717, 1.165) is 77.1 Å². The van der Waals surface area contributed by atoms with Crippen molar-refractivity contribution in [3.63, 3.8) is 0 Å². The summed E-state index contributed by atoms with van der Waals surface area (Å²) in [5.74, 6) is 2.05. The molecule has 2 aromatic heterocycles. The topological polar surface area (TPSA) is 62.6 Å². The van der Waals surface area contributed by atoms with E-state index in [1.165, 1.54) is 29.8 Å². The second-order valence-corrected chi connectivity index (χ2v) is 7.95. The molecular formula is C20H29N7O. The molecule has 2 saturated heterocycles. The maximum Gasteiger partial charge on any atom is 0.134 e. The van der Waals surface area contributed by atoms with Crippen LogP contribution < -0.4 is 9.80 Å². The van der Waals surface area contributed by atoms with Gasteiger partial charge in [0.15, 0.2) is 0 Å². The van der Waals surface area contributed by atoms with E-state index in [0.29, 0.717) is 0 Å². The Labute approximate surface area is 166 Å². The molecule has 0 aromatic carbocycles. The van der Waals surface area contributed by atoms with Gasteiger partial charge in [0, 0.05) is 58.9 Å². The largest absolute Gasteiger partial charge is 0.378 e. The smallest absolute Gasteiger partial charge is 0.134 e. The normalized spacial score (nSPS) is 20.6. The third-order valence-corrected chi connectivity index (χ3v) is 6.24. The first kappa shape index (κ1) is 17.9. The van der Waals surface area contributed by atoms with Gasteiger partial charge in [0.25, 0.3) is 0 Å². The summed E-state index contributed by atoms with van der Waals surface area (Å²) in [6.07, 6.45) is 5.31. The fourth-order valence-corrected chi connectivity index (χ4v) is 4.61. The minimum atomic E-state index is 0.774. The molecule has 0 atom stereocenters. The van der Waals surface area contributed by atoms with Crippen molar-refractivity contribution in [1.29, 1.82) is 0 Å². The van der Waals surface area contributed by atoms with E-state index in [1.807, 2.05) is 0 Å². The number of ether oxygens (including phenoxy) is 1. The molecule has 5 rings (SSSR count). The van der Waals surface area contributed by atoms with Gasteiger partial charge in [0.05, 0.1) is 24.6 Å². The monoisotopic (exact) mass is 383 g/mol. The van der Waals surface area contributed by atoms with Gasteiger partial charge in [-0.05, 0) is 24.8 Å². The lowest BCUT2D eigenvalue weighted by molar-refractivity contribution is 0.122. The molecule has 0 spiro atoms. The molecule has 1 aliphatic carbocycles. The summed E-state index contributed by atoms with van der Waals surface area (Å²) in [4.78, 5) is 16.2. The average Bonchev–Trinajstić information content (AvgIpc) is 3.31. The molecule has 2 fully saturated rings. The van der Waals surface area contributed by atoms with E-state index in [2.05, 4.69) is 42.5 Å². The van der Waals surface area contributed by atoms with Crippen LogP contribution in [0.2, 0.25) is 0 Å². The minimum Gasteiger partial charge on any atom is -0.378 e. The van der Waals surface area contributed by atoms with Crippen molar-refractivity contribution in [1.82, 2.24) is 24.6 Å². The molecule has 0 amide bonds. The van der Waals surface area contributed by atoms with Crippen LogP contribution in [-0.4, -0.2) is 77.1 Å². The first-order chi connectivity index (χ1) is 13.8. The number of aromatic nitrogens is 4. The maximum atomic E-state index is 5.45. The Morgan fingerprint density at radius 2 is 1.64 bits per heavy atom. The summed E-state index contributed by atoms with van der Waals surface area (Å²) < 4.78 is 7.56. The van der Waals surface area contributed by atoms with Crippen molar-refractivity contribution in [2.24, 2.45) is 7.05 Å². The SMILES string of the molecule is Cn1nc2c(c1CN1CCN(c3cc(N4CCOCC4)ncn3)CC1)CCC2. The zero-order valence-electron chi connectivity index (χ0n) is 16.7. The van der Waals surface area contributed by atoms with E-state index in [1.54, 1.807) is 6.33 Å². The van der Waals surface area contributed by atoms with Gasteiger partial charge in [-0.1, -0.05) is 0 Å². The number of nitrogens with zero attached hydrogens (tertiary/aromatic N) is 7. The van der Waals surface area contributed by atoms with Gasteiger partial charge in [0.1, 0.15) is 18.0 Å². The van der Waals surface area contributed by atoms with Crippen molar-refractivity contribution in [3.05, 3.63) is 29.3 Å². The minimum absolute atomic E-state index is 0.774. The maximum absolute atomic E-state index is 5.45. The van der Waals surface area contributed by atoms with E-state index in [9.17, 15) is 0 Å². The molecule has 28 heavy (non-hydrogen) atoms. The molecule has 0 radical (unpaired) electrons. The van der Waals surface area contributed by atoms with Crippen LogP contribution in [-0.2, 0) is 31.2 Å². The second-order valence-electron chi connectivity index (χ2n) is 7.95. The fraction of sp³-hybridized carbons (Fsp3) is 0.650. The second kappa shape index (κ2) is 7.67. The first-order valence-corrected chi connectivity index (χ1v) is 10.4. The lowest BCUT2D eigenvalue weighted by Crippen LogP contribution is -2.46. The van der Waals surface area contributed by atoms with Crippen LogP contribution in [0, 0.1) is 0 Å². The van der Waals surface area contributed by atoms with Crippen LogP contribution in [0.3, 0.4) is 0 Å². The Hall–Kier alpha value is -2.19. The Bertz CT molecular complexity index is 822. The number of aryl methyl sites for hydroxylation is 2. The zero-order valence-corrected chi connectivity index (χ0v) is 16.7. The zero-order chi connectivity index (χ0) is 18.9. The van der Waals surface area contributed by atoms with Gasteiger partial charge in [0.2, 0.25) is 0 Å². The predicted molar refractivity (Wildman–Crippen MR) is 108 cm³/mol. The number of morpholine rings is 1. The molecule has 0 unspecified atom stereocenters. The fourth-order valence-electron chi connectivity index (χ4n) is 4.61. The lowest BCUT2D eigenvalue weighted by Gasteiger charge is -2.36. The van der Waals surface area contributed by atoms with Crippen LogP contribution in [0.25, 0.3) is 0 Å². The summed E-state index contributed by atoms with van der Waals surface area (Å²) >= 11 is 0. The third kappa shape index (κ3) is 3.46. The Morgan fingerprint density at radius 1 is 0.929 bits per heavy atom. The highest BCUT2D eigenvalue weighted by Gasteiger charge is 2.25.